The van der Waals surface area contributed by atoms with E-state index in [1.165, 1.54) is 42.6 Å². The van der Waals surface area contributed by atoms with Crippen LogP contribution in [-0.2, 0) is 20.1 Å². The van der Waals surface area contributed by atoms with Crippen LogP contribution in [0.5, 0.6) is 0 Å². The van der Waals surface area contributed by atoms with Crippen molar-refractivity contribution < 1.29 is 0 Å². The smallest absolute Gasteiger partial charge is 0.193 e. The van der Waals surface area contributed by atoms with Crippen molar-refractivity contribution in [3.05, 3.63) is 53.3 Å². The van der Waals surface area contributed by atoms with Crippen molar-refractivity contribution >= 4 is 5.96 Å². The zero-order chi connectivity index (χ0) is 19.9. The Hall–Kier alpha value is -2.34. The van der Waals surface area contributed by atoms with Gasteiger partial charge in [0.2, 0.25) is 0 Å². The third-order valence-electron chi connectivity index (χ3n) is 5.53. The molecule has 6 heteroatoms. The van der Waals surface area contributed by atoms with Crippen LogP contribution in [0.2, 0.25) is 0 Å². The van der Waals surface area contributed by atoms with Gasteiger partial charge in [-0.3, -0.25) is 14.6 Å². The molecule has 0 amide bonds. The Morgan fingerprint density at radius 1 is 1.21 bits per heavy atom. The predicted octanol–water partition coefficient (Wildman–Crippen LogP) is 2.65. The van der Waals surface area contributed by atoms with Gasteiger partial charge in [0.25, 0.3) is 0 Å². The van der Waals surface area contributed by atoms with Gasteiger partial charge in [-0.15, -0.1) is 0 Å². The van der Waals surface area contributed by atoms with Crippen LogP contribution < -0.4 is 5.32 Å². The molecule has 1 N–H and O–H groups in total. The quantitative estimate of drug-likeness (QED) is 0.616. The number of benzene rings is 1. The Kier molecular flexibility index (Phi) is 7.09. The molecule has 0 bridgehead atoms. The molecule has 0 saturated carbocycles. The second-order valence-corrected chi connectivity index (χ2v) is 8.01. The summed E-state index contributed by atoms with van der Waals surface area (Å²) in [7, 11) is 5.88. The summed E-state index contributed by atoms with van der Waals surface area (Å²) < 4.78 is 1.84. The summed E-state index contributed by atoms with van der Waals surface area (Å²) in [5.74, 6) is 1.66. The average Bonchev–Trinajstić information content (AvgIpc) is 3.10. The Morgan fingerprint density at radius 2 is 1.93 bits per heavy atom. The number of aliphatic imine (C=N–C) groups is 1. The molecule has 0 unspecified atom stereocenters. The highest BCUT2D eigenvalue weighted by Crippen LogP contribution is 2.19. The lowest BCUT2D eigenvalue weighted by molar-refractivity contribution is 0.177. The minimum Gasteiger partial charge on any atom is -0.356 e. The second-order valence-electron chi connectivity index (χ2n) is 8.01. The van der Waals surface area contributed by atoms with Crippen molar-refractivity contribution in [2.24, 2.45) is 18.0 Å². The van der Waals surface area contributed by atoms with Gasteiger partial charge in [-0.1, -0.05) is 29.8 Å². The summed E-state index contributed by atoms with van der Waals surface area (Å²) in [5, 5.41) is 7.81. The molecule has 0 atom stereocenters. The molecular weight excluding hydrogens is 348 g/mol. The molecule has 0 radical (unpaired) electrons. The van der Waals surface area contributed by atoms with Crippen molar-refractivity contribution in [1.82, 2.24) is 24.9 Å². The van der Waals surface area contributed by atoms with E-state index in [9.17, 15) is 0 Å². The number of likely N-dealkylation sites (tertiary alicyclic amines) is 1. The number of rotatable bonds is 6. The van der Waals surface area contributed by atoms with Crippen LogP contribution in [-0.4, -0.2) is 59.3 Å². The van der Waals surface area contributed by atoms with E-state index in [2.05, 4.69) is 63.4 Å². The predicted molar refractivity (Wildman–Crippen MR) is 115 cm³/mol. The van der Waals surface area contributed by atoms with E-state index in [0.717, 1.165) is 25.6 Å². The van der Waals surface area contributed by atoms with Crippen LogP contribution in [0.1, 0.15) is 29.5 Å². The third kappa shape index (κ3) is 5.83. The molecule has 2 heterocycles. The van der Waals surface area contributed by atoms with Crippen molar-refractivity contribution in [3.63, 3.8) is 0 Å². The molecule has 6 nitrogen and oxygen atoms in total. The molecule has 1 aromatic heterocycles. The van der Waals surface area contributed by atoms with Crippen molar-refractivity contribution in [2.45, 2.75) is 32.9 Å². The molecule has 1 fully saturated rings. The van der Waals surface area contributed by atoms with Gasteiger partial charge in [-0.05, 0) is 44.3 Å². The molecule has 152 valence electrons. The van der Waals surface area contributed by atoms with Crippen molar-refractivity contribution in [1.29, 1.82) is 0 Å². The highest BCUT2D eigenvalue weighted by molar-refractivity contribution is 5.79. The summed E-state index contributed by atoms with van der Waals surface area (Å²) in [6.07, 6.45) is 6.44. The standard InChI is InChI=1S/C22H34N6/c1-18-5-7-20(8-6-18)17-28-11-9-19(10-12-28)13-24-22(23-2)26(3)15-21-14-25-27(4)16-21/h5-8,14,16,19H,9-13,15,17H2,1-4H3,(H,23,24). The summed E-state index contributed by atoms with van der Waals surface area (Å²) in [5.41, 5.74) is 3.94. The lowest BCUT2D eigenvalue weighted by Gasteiger charge is -2.33. The third-order valence-corrected chi connectivity index (χ3v) is 5.53. The van der Waals surface area contributed by atoms with Gasteiger partial charge in [0.05, 0.1) is 6.20 Å². The number of aromatic nitrogens is 2. The van der Waals surface area contributed by atoms with Crippen LogP contribution in [0.4, 0.5) is 0 Å². The Morgan fingerprint density at radius 3 is 2.54 bits per heavy atom. The van der Waals surface area contributed by atoms with Crippen LogP contribution in [0, 0.1) is 12.8 Å². The molecule has 1 aliphatic heterocycles. The maximum atomic E-state index is 4.45. The fourth-order valence-corrected chi connectivity index (χ4v) is 3.82. The molecule has 28 heavy (non-hydrogen) atoms. The van der Waals surface area contributed by atoms with Gasteiger partial charge in [0, 0.05) is 52.5 Å². The van der Waals surface area contributed by atoms with E-state index in [0.29, 0.717) is 5.92 Å². The lowest BCUT2D eigenvalue weighted by Crippen LogP contribution is -2.43. The molecule has 2 aromatic rings. The maximum absolute atomic E-state index is 4.45. The first-order valence-electron chi connectivity index (χ1n) is 10.2. The van der Waals surface area contributed by atoms with Gasteiger partial charge < -0.3 is 10.2 Å². The van der Waals surface area contributed by atoms with Crippen LogP contribution in [0.3, 0.4) is 0 Å². The average molecular weight is 383 g/mol. The number of guanidine groups is 1. The molecule has 0 aliphatic carbocycles. The molecular formula is C22H34N6. The number of hydrogen-bond acceptors (Lipinski definition) is 3. The number of piperidine rings is 1. The first kappa shape index (κ1) is 20.4. The van der Waals surface area contributed by atoms with E-state index >= 15 is 0 Å². The Balaban J connectivity index is 1.40. The van der Waals surface area contributed by atoms with E-state index in [4.69, 9.17) is 0 Å². The zero-order valence-corrected chi connectivity index (χ0v) is 17.7. The number of nitrogens with one attached hydrogen (secondary N) is 1. The van der Waals surface area contributed by atoms with Gasteiger partial charge >= 0.3 is 0 Å². The molecule has 1 aliphatic rings. The van der Waals surface area contributed by atoms with Crippen LogP contribution in [0.15, 0.2) is 41.7 Å². The monoisotopic (exact) mass is 382 g/mol. The normalized spacial score (nSPS) is 16.4. The van der Waals surface area contributed by atoms with Gasteiger partial charge in [-0.25, -0.2) is 0 Å². The minimum atomic E-state index is 0.706. The van der Waals surface area contributed by atoms with Gasteiger partial charge in [0.1, 0.15) is 0 Å². The molecule has 1 saturated heterocycles. The van der Waals surface area contributed by atoms with Gasteiger partial charge in [-0.2, -0.15) is 5.10 Å². The van der Waals surface area contributed by atoms with Crippen molar-refractivity contribution in [3.8, 4) is 0 Å². The summed E-state index contributed by atoms with van der Waals surface area (Å²) in [4.78, 5) is 9.18. The van der Waals surface area contributed by atoms with Gasteiger partial charge in [0.15, 0.2) is 5.96 Å². The topological polar surface area (TPSA) is 48.7 Å². The Bertz CT molecular complexity index is 756. The first-order valence-corrected chi connectivity index (χ1v) is 10.2. The maximum Gasteiger partial charge on any atom is 0.193 e. The fourth-order valence-electron chi connectivity index (χ4n) is 3.82. The highest BCUT2D eigenvalue weighted by atomic mass is 15.3. The summed E-state index contributed by atoms with van der Waals surface area (Å²) in [6, 6.07) is 8.93. The van der Waals surface area contributed by atoms with E-state index in [1.807, 2.05) is 31.2 Å². The Labute approximate surface area is 169 Å². The number of hydrogen-bond donors (Lipinski definition) is 1. The van der Waals surface area contributed by atoms with E-state index in [-0.39, 0.29) is 0 Å². The lowest BCUT2D eigenvalue weighted by atomic mass is 9.96. The zero-order valence-electron chi connectivity index (χ0n) is 17.7. The molecule has 1 aromatic carbocycles. The number of nitrogens with zero attached hydrogens (tertiary/aromatic N) is 5. The van der Waals surface area contributed by atoms with Crippen LogP contribution >= 0.6 is 0 Å². The molecule has 0 spiro atoms. The van der Waals surface area contributed by atoms with E-state index < -0.39 is 0 Å². The summed E-state index contributed by atoms with van der Waals surface area (Å²) >= 11 is 0. The first-order chi connectivity index (χ1) is 13.5. The fraction of sp³-hybridized carbons (Fsp3) is 0.545. The second kappa shape index (κ2) is 9.73. The van der Waals surface area contributed by atoms with Crippen molar-refractivity contribution in [2.75, 3.05) is 33.7 Å². The largest absolute Gasteiger partial charge is 0.356 e. The minimum absolute atomic E-state index is 0.706. The van der Waals surface area contributed by atoms with E-state index in [1.54, 1.807) is 0 Å². The van der Waals surface area contributed by atoms with Crippen LogP contribution in [0.25, 0.3) is 0 Å². The SMILES string of the molecule is CN=C(NCC1CCN(Cc2ccc(C)cc2)CC1)N(C)Cc1cnn(C)c1. The molecule has 3 rings (SSSR count). The summed E-state index contributed by atoms with van der Waals surface area (Å²) in [6.45, 7) is 7.35. The highest BCUT2D eigenvalue weighted by Gasteiger charge is 2.20. The number of aryl methyl sites for hydroxylation is 2.